The molecule has 1 saturated heterocycles. The number of carboxylic acid groups (broad SMARTS) is 6. The topological polar surface area (TPSA) is 479 Å². The van der Waals surface area contributed by atoms with Gasteiger partial charge in [0.1, 0.15) is 18.3 Å². The number of carbonyl (C=O) groups excluding carboxylic acids is 4. The summed E-state index contributed by atoms with van der Waals surface area (Å²) in [5, 5.41) is 84.1. The average molecular weight is 1590 g/mol. The fraction of sp³-hybridized carbons (Fsp3) is 0.507. The highest BCUT2D eigenvalue weighted by Gasteiger charge is 2.25. The van der Waals surface area contributed by atoms with Gasteiger partial charge in [0.2, 0.25) is 0 Å². The highest BCUT2D eigenvalue weighted by molar-refractivity contribution is 7.80. The van der Waals surface area contributed by atoms with Gasteiger partial charge in [0.15, 0.2) is 26.8 Å². The molecule has 5 rings (SSSR count). The molecule has 15 N–H and O–H groups in total. The van der Waals surface area contributed by atoms with Crippen LogP contribution in [0.15, 0.2) is 78.9 Å². The number of carbonyl (C=O) groups is 10. The van der Waals surface area contributed by atoms with E-state index in [2.05, 4.69) is 62.7 Å². The molecule has 3 unspecified atom stereocenters. The van der Waals surface area contributed by atoms with Crippen LogP contribution in [-0.4, -0.2) is 323 Å². The number of aromatic nitrogens is 2. The molecule has 3 heterocycles. The van der Waals surface area contributed by atoms with Crippen LogP contribution in [0.3, 0.4) is 0 Å². The van der Waals surface area contributed by atoms with Crippen LogP contribution in [0.4, 0.5) is 21.9 Å². The van der Waals surface area contributed by atoms with E-state index in [1.54, 1.807) is 71.3 Å². The van der Waals surface area contributed by atoms with Crippen LogP contribution in [-0.2, 0) is 67.2 Å². The average Bonchev–Trinajstić information content (AvgIpc) is 0.852. The summed E-state index contributed by atoms with van der Waals surface area (Å²) in [4.78, 5) is 137. The number of amides is 2. The number of Topliss-reactive ketones (excluding diaryl/α,β-unsaturated/α-hetero) is 1. The maximum Gasteiger partial charge on any atom is 0.354 e. The van der Waals surface area contributed by atoms with Crippen molar-refractivity contribution >= 4 is 129 Å². The molecule has 4 aromatic rings. The molecule has 0 bridgehead atoms. The van der Waals surface area contributed by atoms with Crippen molar-refractivity contribution in [3.05, 3.63) is 113 Å². The van der Waals surface area contributed by atoms with Crippen molar-refractivity contribution in [3.8, 4) is 0 Å². The van der Waals surface area contributed by atoms with E-state index in [1.807, 2.05) is 21.9 Å². The van der Waals surface area contributed by atoms with Gasteiger partial charge in [0.25, 0.3) is 0 Å². The van der Waals surface area contributed by atoms with Gasteiger partial charge in [0.05, 0.1) is 109 Å². The molecule has 3 atom stereocenters. The molecule has 2 aromatic heterocycles. The van der Waals surface area contributed by atoms with Crippen molar-refractivity contribution in [3.63, 3.8) is 0 Å². The number of aromatic carboxylic acids is 2. The first kappa shape index (κ1) is 91.1. The van der Waals surface area contributed by atoms with E-state index in [-0.39, 0.29) is 111 Å². The van der Waals surface area contributed by atoms with Gasteiger partial charge < -0.3 is 107 Å². The van der Waals surface area contributed by atoms with Crippen molar-refractivity contribution in [2.75, 3.05) is 180 Å². The number of thiocarbonyl (C=S) groups is 3. The van der Waals surface area contributed by atoms with Crippen molar-refractivity contribution in [2.24, 2.45) is 0 Å². The third-order valence-electron chi connectivity index (χ3n) is 16.7. The second-order valence-electron chi connectivity index (χ2n) is 25.2. The van der Waals surface area contributed by atoms with E-state index in [0.717, 1.165) is 5.56 Å². The van der Waals surface area contributed by atoms with Gasteiger partial charge >= 0.3 is 41.8 Å². The maximum atomic E-state index is 14.1. The van der Waals surface area contributed by atoms with E-state index >= 15 is 0 Å². The number of aliphatic carboxylic acids is 4. The van der Waals surface area contributed by atoms with Crippen LogP contribution in [0.25, 0.3) is 0 Å². The Morgan fingerprint density at radius 3 is 1.57 bits per heavy atom. The second-order valence-corrected chi connectivity index (χ2v) is 26.4. The SMILES string of the molecule is CCN(CCN(CC(=O)O)C(CNCC(=O)O)Cc1ccc(NC(=S)NCCN(CCNC(=S)Nc2cc(CN3CCOCCOCCN(Cc4cccc(C(=O)O)n4)CCOCCOCC3)nc(C(=O)O)c2)CC(=O)c2ccc(NC(=S)NCCCCC(C=O)NC(=O)NC(C=O)CC(=O)O)cc2)cc1)CC(=O)O. The fourth-order valence-corrected chi connectivity index (χ4v) is 11.7. The Bertz CT molecular complexity index is 3610. The summed E-state index contributed by atoms with van der Waals surface area (Å²) in [6.07, 6.45) is 1.84. The number of urea groups is 1. The largest absolute Gasteiger partial charge is 0.481 e. The minimum atomic E-state index is -1.28. The van der Waals surface area contributed by atoms with Crippen LogP contribution in [0.5, 0.6) is 0 Å². The summed E-state index contributed by atoms with van der Waals surface area (Å²) in [6.45, 7) is 8.46. The third-order valence-corrected chi connectivity index (χ3v) is 17.4. The van der Waals surface area contributed by atoms with E-state index < -0.39 is 66.4 Å². The molecule has 1 fully saturated rings. The number of anilines is 3. The smallest absolute Gasteiger partial charge is 0.354 e. The molecule has 1 aliphatic rings. The molecule has 0 aliphatic carbocycles. The molecule has 0 saturated carbocycles. The molecular formula is C71H100N16O20S3. The Morgan fingerprint density at radius 2 is 1.05 bits per heavy atom. The van der Waals surface area contributed by atoms with E-state index in [0.29, 0.717) is 171 Å². The number of ketones is 1. The van der Waals surface area contributed by atoms with Gasteiger partial charge in [-0.05, 0) is 135 Å². The standard InChI is InChI=1S/C71H100N16O20S3/c1-2-83(45-64(95)96)22-23-87(46-65(97)98)58(40-72-41-63(93)94)36-49-9-13-51(14-10-49)80-70(109)74-18-20-84(44-61(90)50-11-15-52(16-12-50)81-69(108)73-17-4-3-6-54(47-88)78-68(103)79-57(48-89)39-62(91)92)21-19-75-71(110)82-55-37-56(77-60(38-55)67(101)102)43-86-26-30-106-34-32-104-28-24-85(25-29-105-33-35-107-31-27-86)42-53-7-5-8-59(76-53)66(99)100/h5,7-16,37-38,47-48,54,57-58,72H,2-4,6,17-36,39-46H2,1H3,(H,91,92)(H,93,94)(H,95,96)(H,97,98)(H,99,100)(H,101,102)(H2,73,81,108)(H2,74,80,109)(H2,78,79,103)(H2,75,77,82,110). The van der Waals surface area contributed by atoms with E-state index in [9.17, 15) is 73.5 Å². The molecule has 2 aromatic carbocycles. The number of aldehydes is 2. The first-order valence-corrected chi connectivity index (χ1v) is 36.9. The lowest BCUT2D eigenvalue weighted by Gasteiger charge is -2.32. The van der Waals surface area contributed by atoms with Crippen LogP contribution < -0.4 is 47.9 Å². The van der Waals surface area contributed by atoms with Crippen LogP contribution in [0.2, 0.25) is 0 Å². The molecule has 110 heavy (non-hydrogen) atoms. The zero-order valence-corrected chi connectivity index (χ0v) is 63.7. The van der Waals surface area contributed by atoms with E-state index in [4.69, 9.17) is 60.7 Å². The zero-order chi connectivity index (χ0) is 80.0. The summed E-state index contributed by atoms with van der Waals surface area (Å²) in [5.41, 5.74) is 3.51. The summed E-state index contributed by atoms with van der Waals surface area (Å²) in [7, 11) is 0. The number of nitrogens with zero attached hydrogens (tertiary/aromatic N) is 7. The number of ether oxygens (including phenoxy) is 4. The zero-order valence-electron chi connectivity index (χ0n) is 61.3. The summed E-state index contributed by atoms with van der Waals surface area (Å²) in [5.74, 6) is -7.09. The molecule has 0 spiro atoms. The molecule has 602 valence electrons. The van der Waals surface area contributed by atoms with E-state index in [1.165, 1.54) is 12.1 Å². The fourth-order valence-electron chi connectivity index (χ4n) is 11.1. The molecule has 36 nitrogen and oxygen atoms in total. The maximum absolute atomic E-state index is 14.1. The Balaban J connectivity index is 1.20. The quantitative estimate of drug-likeness (QED) is 0.0129. The van der Waals surface area contributed by atoms with Gasteiger partial charge in [-0.15, -0.1) is 0 Å². The number of benzene rings is 2. The predicted octanol–water partition coefficient (Wildman–Crippen LogP) is 1.46. The number of likely N-dealkylation sites (N-methyl/N-ethyl adjacent to an activating group) is 1. The highest BCUT2D eigenvalue weighted by atomic mass is 32.1. The number of rotatable bonds is 44. The Morgan fingerprint density at radius 1 is 0.536 bits per heavy atom. The monoisotopic (exact) mass is 1590 g/mol. The Labute approximate surface area is 653 Å². The number of carboxylic acids is 6. The number of unbranched alkanes of at least 4 members (excludes halogenated alkanes) is 1. The van der Waals surface area contributed by atoms with Gasteiger partial charge in [-0.2, -0.15) is 0 Å². The molecule has 0 radical (unpaired) electrons. The Hall–Kier alpha value is -9.49. The van der Waals surface area contributed by atoms with Crippen molar-refractivity contribution in [1.82, 2.24) is 66.4 Å². The highest BCUT2D eigenvalue weighted by Crippen LogP contribution is 2.18. The normalized spacial score (nSPS) is 14.4. The lowest BCUT2D eigenvalue weighted by Crippen LogP contribution is -2.49. The summed E-state index contributed by atoms with van der Waals surface area (Å²) in [6, 6.07) is 18.4. The lowest BCUT2D eigenvalue weighted by atomic mass is 10.0. The third kappa shape index (κ3) is 38.7. The van der Waals surface area contributed by atoms with Gasteiger partial charge in [-0.25, -0.2) is 24.4 Å². The second kappa shape index (κ2) is 51.8. The number of hydrogen-bond donors (Lipinski definition) is 15. The molecular weight excluding hydrogens is 1490 g/mol. The lowest BCUT2D eigenvalue weighted by molar-refractivity contribution is -0.140. The van der Waals surface area contributed by atoms with Gasteiger partial charge in [-0.3, -0.25) is 48.5 Å². The predicted molar refractivity (Wildman–Crippen MR) is 417 cm³/mol. The number of pyridine rings is 2. The number of nitrogens with one attached hydrogen (secondary N) is 9. The molecule has 2 amide bonds. The van der Waals surface area contributed by atoms with Gasteiger partial charge in [0, 0.05) is 120 Å². The molecule has 39 heteroatoms. The van der Waals surface area contributed by atoms with Crippen LogP contribution >= 0.6 is 36.7 Å². The van der Waals surface area contributed by atoms with Crippen molar-refractivity contribution in [2.45, 2.75) is 70.2 Å². The molecule has 1 aliphatic heterocycles. The van der Waals surface area contributed by atoms with Gasteiger partial charge in [-0.1, -0.05) is 25.1 Å². The van der Waals surface area contributed by atoms with Crippen molar-refractivity contribution < 1.29 is 97.5 Å². The Kier molecular flexibility index (Phi) is 42.9. The summed E-state index contributed by atoms with van der Waals surface area (Å²) >= 11 is 16.9. The first-order chi connectivity index (χ1) is 52.9. The minimum absolute atomic E-state index is 0.0350. The van der Waals surface area contributed by atoms with Crippen LogP contribution in [0, 0.1) is 0 Å². The summed E-state index contributed by atoms with van der Waals surface area (Å²) < 4.78 is 23.7. The minimum Gasteiger partial charge on any atom is -0.481 e. The number of hydrogen-bond acceptors (Lipinski definition) is 25. The van der Waals surface area contributed by atoms with Crippen LogP contribution in [0.1, 0.15) is 80.9 Å². The first-order valence-electron chi connectivity index (χ1n) is 35.7. The van der Waals surface area contributed by atoms with Crippen molar-refractivity contribution in [1.29, 1.82) is 0 Å².